The zero-order chi connectivity index (χ0) is 11.2. The van der Waals surface area contributed by atoms with Crippen LogP contribution in [0.15, 0.2) is 0 Å². The number of hydrogen-bond acceptors (Lipinski definition) is 3. The first-order valence-corrected chi connectivity index (χ1v) is 5.54. The Morgan fingerprint density at radius 1 is 1.20 bits per heavy atom. The van der Waals surface area contributed by atoms with E-state index in [1.807, 2.05) is 0 Å². The molecule has 0 aromatic heterocycles. The van der Waals surface area contributed by atoms with Gasteiger partial charge in [0, 0.05) is 18.8 Å². The fourth-order valence-electron chi connectivity index (χ4n) is 2.37. The molecule has 2 rings (SSSR count). The second kappa shape index (κ2) is 3.26. The molecule has 0 radical (unpaired) electrons. The van der Waals surface area contributed by atoms with Crippen molar-refractivity contribution in [3.05, 3.63) is 0 Å². The first kappa shape index (κ1) is 10.5. The Kier molecular flexibility index (Phi) is 2.28. The minimum Gasteiger partial charge on any atom is -0.298 e. The lowest BCUT2D eigenvalue weighted by Gasteiger charge is -2.26. The Morgan fingerprint density at radius 3 is 2.00 bits per heavy atom. The molecule has 0 bridgehead atoms. The third kappa shape index (κ3) is 1.75. The van der Waals surface area contributed by atoms with Crippen LogP contribution < -0.4 is 0 Å². The van der Waals surface area contributed by atoms with Crippen molar-refractivity contribution in [1.82, 2.24) is 0 Å². The van der Waals surface area contributed by atoms with E-state index in [1.54, 1.807) is 13.8 Å². The van der Waals surface area contributed by atoms with Gasteiger partial charge in [0.05, 0.1) is 0 Å². The molecule has 1 spiro atoms. The molecule has 0 amide bonds. The Morgan fingerprint density at radius 2 is 1.67 bits per heavy atom. The van der Waals surface area contributed by atoms with E-state index >= 15 is 0 Å². The van der Waals surface area contributed by atoms with E-state index in [1.165, 1.54) is 0 Å². The van der Waals surface area contributed by atoms with Crippen LogP contribution in [0.25, 0.3) is 0 Å². The first-order valence-electron chi connectivity index (χ1n) is 5.54. The summed E-state index contributed by atoms with van der Waals surface area (Å²) in [4.78, 5) is 35.2. The van der Waals surface area contributed by atoms with Gasteiger partial charge in [-0.3, -0.25) is 14.4 Å². The van der Waals surface area contributed by atoms with Crippen LogP contribution in [0.3, 0.4) is 0 Å². The molecule has 15 heavy (non-hydrogen) atoms. The molecule has 0 heterocycles. The molecule has 82 valence electrons. The van der Waals surface area contributed by atoms with Crippen LogP contribution in [0.4, 0.5) is 0 Å². The number of Topliss-reactive ketones (excluding diaryl/α,β-unsaturated/α-hetero) is 3. The molecule has 2 aliphatic rings. The summed E-state index contributed by atoms with van der Waals surface area (Å²) in [7, 11) is 0. The number of rotatable bonds is 2. The van der Waals surface area contributed by atoms with Crippen molar-refractivity contribution in [2.45, 2.75) is 39.5 Å². The van der Waals surface area contributed by atoms with Crippen molar-refractivity contribution in [3.63, 3.8) is 0 Å². The summed E-state index contributed by atoms with van der Waals surface area (Å²) in [5.74, 6) is -1.63. The van der Waals surface area contributed by atoms with Gasteiger partial charge in [0.25, 0.3) is 0 Å². The topological polar surface area (TPSA) is 51.2 Å². The summed E-state index contributed by atoms with van der Waals surface area (Å²) in [6, 6.07) is 0. The first-order chi connectivity index (χ1) is 6.95. The van der Waals surface area contributed by atoms with Crippen molar-refractivity contribution in [2.24, 2.45) is 17.3 Å². The number of ketones is 3. The van der Waals surface area contributed by atoms with Gasteiger partial charge in [0.1, 0.15) is 5.92 Å². The van der Waals surface area contributed by atoms with Gasteiger partial charge in [-0.05, 0) is 18.3 Å². The predicted molar refractivity (Wildman–Crippen MR) is 54.3 cm³/mol. The summed E-state index contributed by atoms with van der Waals surface area (Å²) < 4.78 is 0. The largest absolute Gasteiger partial charge is 0.298 e. The Labute approximate surface area is 89.2 Å². The summed E-state index contributed by atoms with van der Waals surface area (Å²) in [5, 5.41) is 0. The zero-order valence-electron chi connectivity index (χ0n) is 9.21. The molecule has 0 aromatic carbocycles. The lowest BCUT2D eigenvalue weighted by molar-refractivity contribution is -0.145. The third-order valence-corrected chi connectivity index (χ3v) is 3.55. The van der Waals surface area contributed by atoms with E-state index in [0.717, 1.165) is 12.8 Å². The molecular weight excluding hydrogens is 192 g/mol. The SMILES string of the molecule is CC(C)C(=O)C1C(=O)CC2(CC2)CC1=O. The maximum atomic E-state index is 11.8. The van der Waals surface area contributed by atoms with E-state index in [9.17, 15) is 14.4 Å². The number of hydrogen-bond donors (Lipinski definition) is 0. The molecule has 3 heteroatoms. The Bertz CT molecular complexity index is 317. The van der Waals surface area contributed by atoms with Crippen LogP contribution >= 0.6 is 0 Å². The molecule has 0 saturated heterocycles. The number of carbonyl (C=O) groups excluding carboxylic acids is 3. The van der Waals surface area contributed by atoms with Crippen molar-refractivity contribution >= 4 is 17.3 Å². The summed E-state index contributed by atoms with van der Waals surface area (Å²) in [6.45, 7) is 3.48. The van der Waals surface area contributed by atoms with E-state index in [-0.39, 0.29) is 28.7 Å². The quantitative estimate of drug-likeness (QED) is 0.647. The standard InChI is InChI=1S/C12H16O3/c1-7(2)11(15)10-8(13)5-12(3-4-12)6-9(10)14/h7,10H,3-6H2,1-2H3. The molecule has 0 N–H and O–H groups in total. The van der Waals surface area contributed by atoms with Crippen molar-refractivity contribution in [2.75, 3.05) is 0 Å². The molecule has 2 fully saturated rings. The maximum Gasteiger partial charge on any atom is 0.153 e. The molecule has 2 saturated carbocycles. The molecule has 0 aliphatic heterocycles. The normalized spacial score (nSPS) is 25.0. The van der Waals surface area contributed by atoms with E-state index in [2.05, 4.69) is 0 Å². The molecule has 2 aliphatic carbocycles. The van der Waals surface area contributed by atoms with Gasteiger partial charge < -0.3 is 0 Å². The van der Waals surface area contributed by atoms with Crippen LogP contribution in [-0.4, -0.2) is 17.3 Å². The molecule has 0 aromatic rings. The van der Waals surface area contributed by atoms with Gasteiger partial charge in [0.15, 0.2) is 17.3 Å². The van der Waals surface area contributed by atoms with Gasteiger partial charge in [0.2, 0.25) is 0 Å². The molecule has 3 nitrogen and oxygen atoms in total. The van der Waals surface area contributed by atoms with E-state index < -0.39 is 5.92 Å². The average molecular weight is 208 g/mol. The monoisotopic (exact) mass is 208 g/mol. The van der Waals surface area contributed by atoms with Gasteiger partial charge >= 0.3 is 0 Å². The highest BCUT2D eigenvalue weighted by Gasteiger charge is 2.53. The summed E-state index contributed by atoms with van der Waals surface area (Å²) in [6.07, 6.45) is 2.85. The highest BCUT2D eigenvalue weighted by atomic mass is 16.2. The summed E-state index contributed by atoms with van der Waals surface area (Å²) >= 11 is 0. The highest BCUT2D eigenvalue weighted by molar-refractivity contribution is 6.21. The lowest BCUT2D eigenvalue weighted by atomic mass is 9.74. The van der Waals surface area contributed by atoms with E-state index in [0.29, 0.717) is 12.8 Å². The van der Waals surface area contributed by atoms with Gasteiger partial charge in [-0.15, -0.1) is 0 Å². The van der Waals surface area contributed by atoms with Gasteiger partial charge in [-0.2, -0.15) is 0 Å². The zero-order valence-corrected chi connectivity index (χ0v) is 9.21. The predicted octanol–water partition coefficient (Wildman–Crippen LogP) is 1.54. The molecular formula is C12H16O3. The van der Waals surface area contributed by atoms with Gasteiger partial charge in [-0.25, -0.2) is 0 Å². The molecule has 0 unspecified atom stereocenters. The van der Waals surface area contributed by atoms with Crippen molar-refractivity contribution < 1.29 is 14.4 Å². The van der Waals surface area contributed by atoms with Crippen LogP contribution in [-0.2, 0) is 14.4 Å². The molecule has 0 atom stereocenters. The lowest BCUT2D eigenvalue weighted by Crippen LogP contribution is -2.41. The maximum absolute atomic E-state index is 11.8. The number of carbonyl (C=O) groups is 3. The van der Waals surface area contributed by atoms with Gasteiger partial charge in [-0.1, -0.05) is 13.8 Å². The van der Waals surface area contributed by atoms with Crippen LogP contribution in [0.5, 0.6) is 0 Å². The minimum atomic E-state index is -0.934. The Hall–Kier alpha value is -0.990. The highest BCUT2D eigenvalue weighted by Crippen LogP contribution is 2.55. The fraction of sp³-hybridized carbons (Fsp3) is 0.750. The van der Waals surface area contributed by atoms with Crippen molar-refractivity contribution in [3.8, 4) is 0 Å². The third-order valence-electron chi connectivity index (χ3n) is 3.55. The second-order valence-electron chi connectivity index (χ2n) is 5.28. The summed E-state index contributed by atoms with van der Waals surface area (Å²) in [5.41, 5.74) is -0.0259. The average Bonchev–Trinajstić information content (AvgIpc) is 2.82. The van der Waals surface area contributed by atoms with Crippen LogP contribution in [0, 0.1) is 17.3 Å². The minimum absolute atomic E-state index is 0.0259. The Balaban J connectivity index is 2.16. The smallest absolute Gasteiger partial charge is 0.153 e. The fourth-order valence-corrected chi connectivity index (χ4v) is 2.37. The van der Waals surface area contributed by atoms with E-state index in [4.69, 9.17) is 0 Å². The second-order valence-corrected chi connectivity index (χ2v) is 5.28. The van der Waals surface area contributed by atoms with Crippen molar-refractivity contribution in [1.29, 1.82) is 0 Å². The van der Waals surface area contributed by atoms with Crippen LogP contribution in [0.1, 0.15) is 39.5 Å². The van der Waals surface area contributed by atoms with Crippen LogP contribution in [0.2, 0.25) is 0 Å².